The van der Waals surface area contributed by atoms with Crippen LogP contribution in [0.2, 0.25) is 0 Å². The molecule has 78 valence electrons. The fraction of sp³-hybridized carbons (Fsp3) is 0.333. The van der Waals surface area contributed by atoms with Crippen molar-refractivity contribution in [2.24, 2.45) is 5.90 Å². The van der Waals surface area contributed by atoms with E-state index in [1.165, 1.54) is 7.11 Å². The van der Waals surface area contributed by atoms with Crippen LogP contribution in [0.3, 0.4) is 0 Å². The second-order valence-electron chi connectivity index (χ2n) is 2.85. The number of phenols is 1. The summed E-state index contributed by atoms with van der Waals surface area (Å²) in [6, 6.07) is 1.73. The molecular weight excluding hydrogens is 250 g/mol. The molecule has 4 nitrogen and oxygen atoms in total. The molecule has 0 saturated heterocycles. The fourth-order valence-corrected chi connectivity index (χ4v) is 1.82. The number of nitrogens with two attached hydrogens (primary N) is 1. The van der Waals surface area contributed by atoms with Gasteiger partial charge in [-0.1, -0.05) is 0 Å². The van der Waals surface area contributed by atoms with Crippen LogP contribution in [0.1, 0.15) is 11.1 Å². The minimum absolute atomic E-state index is 0.0603. The van der Waals surface area contributed by atoms with Crippen LogP contribution in [0.25, 0.3) is 0 Å². The molecule has 0 heterocycles. The van der Waals surface area contributed by atoms with Gasteiger partial charge in [-0.15, -0.1) is 0 Å². The first-order valence-electron chi connectivity index (χ1n) is 3.98. The lowest BCUT2D eigenvalue weighted by molar-refractivity contribution is 0.123. The van der Waals surface area contributed by atoms with Crippen LogP contribution >= 0.6 is 15.9 Å². The maximum Gasteiger partial charge on any atom is 0.172 e. The van der Waals surface area contributed by atoms with Crippen LogP contribution in [0.15, 0.2) is 10.5 Å². The van der Waals surface area contributed by atoms with E-state index in [9.17, 15) is 5.11 Å². The number of hydrogen-bond donors (Lipinski definition) is 2. The first-order valence-corrected chi connectivity index (χ1v) is 4.77. The van der Waals surface area contributed by atoms with Crippen molar-refractivity contribution in [3.63, 3.8) is 0 Å². The first-order chi connectivity index (χ1) is 6.61. The van der Waals surface area contributed by atoms with E-state index >= 15 is 0 Å². The zero-order valence-corrected chi connectivity index (χ0v) is 9.59. The maximum absolute atomic E-state index is 9.66. The molecule has 0 saturated carbocycles. The summed E-state index contributed by atoms with van der Waals surface area (Å²) in [5.74, 6) is 5.47. The Hall–Kier alpha value is -0.780. The van der Waals surface area contributed by atoms with Gasteiger partial charge in [-0.2, -0.15) is 0 Å². The van der Waals surface area contributed by atoms with Crippen molar-refractivity contribution in [3.8, 4) is 11.5 Å². The molecule has 5 heteroatoms. The SMILES string of the molecule is COc1cc(C)c(CON)c(Br)c1O. The summed E-state index contributed by atoms with van der Waals surface area (Å²) >= 11 is 3.26. The minimum atomic E-state index is 0.0603. The topological polar surface area (TPSA) is 64.7 Å². The van der Waals surface area contributed by atoms with Crippen molar-refractivity contribution in [1.29, 1.82) is 0 Å². The van der Waals surface area contributed by atoms with Crippen LogP contribution in [0, 0.1) is 6.92 Å². The number of methoxy groups -OCH3 is 1. The van der Waals surface area contributed by atoms with Gasteiger partial charge in [0.05, 0.1) is 18.2 Å². The molecule has 0 unspecified atom stereocenters. The van der Waals surface area contributed by atoms with Crippen LogP contribution < -0.4 is 10.6 Å². The highest BCUT2D eigenvalue weighted by atomic mass is 79.9. The summed E-state index contributed by atoms with van der Waals surface area (Å²) in [6.45, 7) is 2.13. The molecular formula is C9H12BrNO3. The van der Waals surface area contributed by atoms with Gasteiger partial charge in [0.1, 0.15) is 0 Å². The zero-order chi connectivity index (χ0) is 10.7. The van der Waals surface area contributed by atoms with Gasteiger partial charge < -0.3 is 9.84 Å². The fourth-order valence-electron chi connectivity index (χ4n) is 1.19. The Labute approximate surface area is 90.7 Å². The summed E-state index contributed by atoms with van der Waals surface area (Å²) in [6.07, 6.45) is 0. The zero-order valence-electron chi connectivity index (χ0n) is 8.00. The molecule has 0 aliphatic rings. The number of hydrogen-bond acceptors (Lipinski definition) is 4. The molecule has 0 radical (unpaired) electrons. The van der Waals surface area contributed by atoms with Gasteiger partial charge in [0, 0.05) is 5.56 Å². The van der Waals surface area contributed by atoms with E-state index in [4.69, 9.17) is 10.6 Å². The molecule has 1 aromatic carbocycles. The molecule has 0 bridgehead atoms. The van der Waals surface area contributed by atoms with Gasteiger partial charge in [-0.05, 0) is 34.5 Å². The van der Waals surface area contributed by atoms with Crippen LogP contribution in [0.4, 0.5) is 0 Å². The van der Waals surface area contributed by atoms with Gasteiger partial charge in [0.25, 0.3) is 0 Å². The average Bonchev–Trinajstić information content (AvgIpc) is 2.18. The first kappa shape index (κ1) is 11.3. The lowest BCUT2D eigenvalue weighted by Gasteiger charge is -2.12. The monoisotopic (exact) mass is 261 g/mol. The third kappa shape index (κ3) is 2.00. The summed E-state index contributed by atoms with van der Waals surface area (Å²) < 4.78 is 5.54. The molecule has 0 amide bonds. The van der Waals surface area contributed by atoms with E-state index in [2.05, 4.69) is 20.8 Å². The van der Waals surface area contributed by atoms with Crippen molar-refractivity contribution in [3.05, 3.63) is 21.7 Å². The molecule has 0 aromatic heterocycles. The smallest absolute Gasteiger partial charge is 0.172 e. The minimum Gasteiger partial charge on any atom is -0.503 e. The highest BCUT2D eigenvalue weighted by Crippen LogP contribution is 2.38. The number of benzene rings is 1. The Morgan fingerprint density at radius 3 is 2.71 bits per heavy atom. The van der Waals surface area contributed by atoms with Gasteiger partial charge in [-0.25, -0.2) is 5.90 Å². The molecule has 0 aliphatic carbocycles. The molecule has 14 heavy (non-hydrogen) atoms. The Bertz CT molecular complexity index is 341. The van der Waals surface area contributed by atoms with E-state index in [0.717, 1.165) is 11.1 Å². The van der Waals surface area contributed by atoms with Crippen molar-refractivity contribution in [1.82, 2.24) is 0 Å². The van der Waals surface area contributed by atoms with E-state index < -0.39 is 0 Å². The maximum atomic E-state index is 9.66. The summed E-state index contributed by atoms with van der Waals surface area (Å²) in [4.78, 5) is 4.54. The number of ether oxygens (including phenoxy) is 1. The largest absolute Gasteiger partial charge is 0.503 e. The molecule has 1 rings (SSSR count). The summed E-state index contributed by atoms with van der Waals surface area (Å²) in [5.41, 5.74) is 1.75. The van der Waals surface area contributed by atoms with Crippen molar-refractivity contribution in [2.75, 3.05) is 7.11 Å². The third-order valence-corrected chi connectivity index (χ3v) is 2.83. The van der Waals surface area contributed by atoms with Gasteiger partial charge in [-0.3, -0.25) is 4.84 Å². The predicted molar refractivity (Wildman–Crippen MR) is 56.1 cm³/mol. The van der Waals surface area contributed by atoms with E-state index in [0.29, 0.717) is 10.2 Å². The van der Waals surface area contributed by atoms with Gasteiger partial charge in [0.2, 0.25) is 0 Å². The molecule has 0 aliphatic heterocycles. The second-order valence-corrected chi connectivity index (χ2v) is 3.64. The van der Waals surface area contributed by atoms with Crippen molar-refractivity contribution in [2.45, 2.75) is 13.5 Å². The molecule has 0 spiro atoms. The Morgan fingerprint density at radius 1 is 1.57 bits per heavy atom. The Balaban J connectivity index is 3.26. The predicted octanol–water partition coefficient (Wildman–Crippen LogP) is 1.86. The highest BCUT2D eigenvalue weighted by molar-refractivity contribution is 9.10. The van der Waals surface area contributed by atoms with Crippen LogP contribution in [0.5, 0.6) is 11.5 Å². The quantitative estimate of drug-likeness (QED) is 0.816. The number of aryl methyl sites for hydroxylation is 1. The van der Waals surface area contributed by atoms with Crippen LogP contribution in [-0.2, 0) is 11.4 Å². The molecule has 0 atom stereocenters. The van der Waals surface area contributed by atoms with E-state index in [1.54, 1.807) is 6.07 Å². The van der Waals surface area contributed by atoms with Gasteiger partial charge >= 0.3 is 0 Å². The number of rotatable bonds is 3. The Kier molecular flexibility index (Phi) is 3.74. The number of phenolic OH excluding ortho intramolecular Hbond substituents is 1. The Morgan fingerprint density at radius 2 is 2.21 bits per heavy atom. The highest BCUT2D eigenvalue weighted by Gasteiger charge is 2.13. The van der Waals surface area contributed by atoms with Crippen molar-refractivity contribution >= 4 is 15.9 Å². The lowest BCUT2D eigenvalue weighted by Crippen LogP contribution is -2.02. The third-order valence-electron chi connectivity index (χ3n) is 1.98. The normalized spacial score (nSPS) is 10.3. The summed E-state index contributed by atoms with van der Waals surface area (Å²) in [5, 5.41) is 9.66. The van der Waals surface area contributed by atoms with E-state index in [-0.39, 0.29) is 12.4 Å². The summed E-state index contributed by atoms with van der Waals surface area (Å²) in [7, 11) is 1.50. The number of aromatic hydroxyl groups is 1. The second kappa shape index (κ2) is 4.63. The molecule has 1 aromatic rings. The van der Waals surface area contributed by atoms with Crippen molar-refractivity contribution < 1.29 is 14.7 Å². The molecule has 3 N–H and O–H groups in total. The van der Waals surface area contributed by atoms with Gasteiger partial charge in [0.15, 0.2) is 11.5 Å². The van der Waals surface area contributed by atoms with E-state index in [1.807, 2.05) is 6.92 Å². The standard InChI is InChI=1S/C9H12BrNO3/c1-5-3-7(13-2)9(12)8(10)6(5)4-14-11/h3,12H,4,11H2,1-2H3. The molecule has 0 fully saturated rings. The average molecular weight is 262 g/mol. The lowest BCUT2D eigenvalue weighted by atomic mass is 10.1. The van der Waals surface area contributed by atoms with Crippen LogP contribution in [-0.4, -0.2) is 12.2 Å². The number of halogens is 1.